The first-order chi connectivity index (χ1) is 10.8. The standard InChI is InChI=1S/C16H25N5O/c17-15(21-12-5-1-2-6-13-21)20-16(22)19-11-7-9-14-8-3-4-10-18-14/h3-4,8,10H,1-2,5-7,9,11-13H2,(H3,17,19,20,22). The Kier molecular flexibility index (Phi) is 6.67. The lowest BCUT2D eigenvalue weighted by Gasteiger charge is -2.20. The van der Waals surface area contributed by atoms with E-state index in [9.17, 15) is 4.79 Å². The molecular weight excluding hydrogens is 278 g/mol. The molecule has 1 saturated heterocycles. The van der Waals surface area contributed by atoms with Crippen molar-refractivity contribution in [1.82, 2.24) is 15.2 Å². The van der Waals surface area contributed by atoms with Crippen molar-refractivity contribution >= 4 is 12.0 Å². The van der Waals surface area contributed by atoms with Crippen LogP contribution in [0.25, 0.3) is 0 Å². The van der Waals surface area contributed by atoms with Crippen LogP contribution in [0.15, 0.2) is 29.4 Å². The number of amides is 2. The maximum atomic E-state index is 11.8. The van der Waals surface area contributed by atoms with E-state index in [1.165, 1.54) is 12.8 Å². The average Bonchev–Trinajstić information content (AvgIpc) is 2.82. The number of urea groups is 1. The zero-order valence-electron chi connectivity index (χ0n) is 13.0. The monoisotopic (exact) mass is 303 g/mol. The lowest BCUT2D eigenvalue weighted by molar-refractivity contribution is 0.248. The second-order valence-corrected chi connectivity index (χ2v) is 5.53. The van der Waals surface area contributed by atoms with Crippen molar-refractivity contribution in [3.8, 4) is 0 Å². The molecule has 1 fully saturated rings. The molecule has 0 radical (unpaired) electrons. The molecule has 1 aromatic heterocycles. The lowest BCUT2D eigenvalue weighted by atomic mass is 10.2. The predicted octanol–water partition coefficient (Wildman–Crippen LogP) is 1.91. The SMILES string of the molecule is NC(=NC(=O)NCCCc1ccccn1)N1CCCCCC1. The molecule has 0 unspecified atom stereocenters. The number of hydrogen-bond donors (Lipinski definition) is 2. The van der Waals surface area contributed by atoms with E-state index in [-0.39, 0.29) is 6.03 Å². The van der Waals surface area contributed by atoms with Crippen LogP contribution in [-0.2, 0) is 6.42 Å². The third-order valence-electron chi connectivity index (χ3n) is 3.76. The Bertz CT molecular complexity index is 481. The Hall–Kier alpha value is -2.11. The highest BCUT2D eigenvalue weighted by molar-refractivity contribution is 5.91. The number of likely N-dealkylation sites (tertiary alicyclic amines) is 1. The van der Waals surface area contributed by atoms with Gasteiger partial charge in [-0.15, -0.1) is 0 Å². The molecule has 2 amide bonds. The summed E-state index contributed by atoms with van der Waals surface area (Å²) >= 11 is 0. The molecule has 1 aromatic rings. The van der Waals surface area contributed by atoms with Gasteiger partial charge in [0, 0.05) is 31.5 Å². The van der Waals surface area contributed by atoms with Gasteiger partial charge in [-0.1, -0.05) is 18.9 Å². The third-order valence-corrected chi connectivity index (χ3v) is 3.76. The molecule has 2 heterocycles. The van der Waals surface area contributed by atoms with Gasteiger partial charge in [0.15, 0.2) is 0 Å². The summed E-state index contributed by atoms with van der Waals surface area (Å²) in [5, 5.41) is 2.78. The molecule has 0 saturated carbocycles. The second kappa shape index (κ2) is 9.02. The number of aromatic nitrogens is 1. The molecule has 6 nitrogen and oxygen atoms in total. The lowest BCUT2D eigenvalue weighted by Crippen LogP contribution is -2.39. The minimum Gasteiger partial charge on any atom is -0.369 e. The first kappa shape index (κ1) is 16.3. The molecule has 1 aliphatic heterocycles. The summed E-state index contributed by atoms with van der Waals surface area (Å²) in [7, 11) is 0. The summed E-state index contributed by atoms with van der Waals surface area (Å²) in [6.07, 6.45) is 8.13. The number of hydrogen-bond acceptors (Lipinski definition) is 2. The predicted molar refractivity (Wildman–Crippen MR) is 87.6 cm³/mol. The smallest absolute Gasteiger partial charge is 0.344 e. The van der Waals surface area contributed by atoms with Gasteiger partial charge in [-0.3, -0.25) is 4.98 Å². The van der Waals surface area contributed by atoms with E-state index in [2.05, 4.69) is 15.3 Å². The summed E-state index contributed by atoms with van der Waals surface area (Å²) in [6.45, 7) is 2.36. The first-order valence-electron chi connectivity index (χ1n) is 8.02. The number of nitrogens with zero attached hydrogens (tertiary/aromatic N) is 3. The number of guanidine groups is 1. The summed E-state index contributed by atoms with van der Waals surface area (Å²) < 4.78 is 0. The molecule has 1 aliphatic rings. The number of nitrogens with one attached hydrogen (secondary N) is 1. The van der Waals surface area contributed by atoms with E-state index in [0.29, 0.717) is 12.5 Å². The number of aryl methyl sites for hydroxylation is 1. The number of aliphatic imine (C=N–C) groups is 1. The van der Waals surface area contributed by atoms with Gasteiger partial charge in [-0.25, -0.2) is 4.79 Å². The van der Waals surface area contributed by atoms with Gasteiger partial charge >= 0.3 is 6.03 Å². The van der Waals surface area contributed by atoms with E-state index in [1.807, 2.05) is 23.1 Å². The van der Waals surface area contributed by atoms with Gasteiger partial charge in [0.05, 0.1) is 0 Å². The highest BCUT2D eigenvalue weighted by Crippen LogP contribution is 2.09. The maximum absolute atomic E-state index is 11.8. The van der Waals surface area contributed by atoms with Crippen LogP contribution >= 0.6 is 0 Å². The van der Waals surface area contributed by atoms with Gasteiger partial charge in [-0.2, -0.15) is 4.99 Å². The van der Waals surface area contributed by atoms with Crippen LogP contribution in [-0.4, -0.2) is 41.5 Å². The Morgan fingerprint density at radius 3 is 2.73 bits per heavy atom. The van der Waals surface area contributed by atoms with Crippen molar-refractivity contribution in [2.24, 2.45) is 10.7 Å². The Labute approximate surface area is 131 Å². The quantitative estimate of drug-likeness (QED) is 0.505. The second-order valence-electron chi connectivity index (χ2n) is 5.53. The van der Waals surface area contributed by atoms with Crippen molar-refractivity contribution < 1.29 is 4.79 Å². The molecule has 6 heteroatoms. The Morgan fingerprint density at radius 1 is 1.27 bits per heavy atom. The van der Waals surface area contributed by atoms with E-state index < -0.39 is 0 Å². The molecule has 0 spiro atoms. The molecule has 22 heavy (non-hydrogen) atoms. The zero-order valence-corrected chi connectivity index (χ0v) is 13.0. The van der Waals surface area contributed by atoms with Crippen molar-refractivity contribution in [2.75, 3.05) is 19.6 Å². The molecule has 0 aliphatic carbocycles. The number of carbonyl (C=O) groups is 1. The summed E-state index contributed by atoms with van der Waals surface area (Å²) in [6, 6.07) is 5.48. The van der Waals surface area contributed by atoms with Crippen molar-refractivity contribution in [2.45, 2.75) is 38.5 Å². The molecule has 0 aromatic carbocycles. The highest BCUT2D eigenvalue weighted by Gasteiger charge is 2.12. The number of carbonyl (C=O) groups excluding carboxylic acids is 1. The maximum Gasteiger partial charge on any atom is 0.344 e. The summed E-state index contributed by atoms with van der Waals surface area (Å²) in [5.41, 5.74) is 6.95. The number of pyridine rings is 1. The van der Waals surface area contributed by atoms with E-state index in [4.69, 9.17) is 5.73 Å². The summed E-state index contributed by atoms with van der Waals surface area (Å²) in [5.74, 6) is 0.337. The molecule has 3 N–H and O–H groups in total. The Morgan fingerprint density at radius 2 is 2.05 bits per heavy atom. The van der Waals surface area contributed by atoms with Crippen LogP contribution in [0.4, 0.5) is 4.79 Å². The van der Waals surface area contributed by atoms with Gasteiger partial charge < -0.3 is 16.0 Å². The minimum atomic E-state index is -0.359. The van der Waals surface area contributed by atoms with Crippen molar-refractivity contribution in [1.29, 1.82) is 0 Å². The largest absolute Gasteiger partial charge is 0.369 e. The highest BCUT2D eigenvalue weighted by atomic mass is 16.2. The molecule has 0 atom stereocenters. The van der Waals surface area contributed by atoms with Crippen LogP contribution in [0.2, 0.25) is 0 Å². The van der Waals surface area contributed by atoms with Crippen LogP contribution in [0.5, 0.6) is 0 Å². The average molecular weight is 303 g/mol. The fourth-order valence-corrected chi connectivity index (χ4v) is 2.52. The molecule has 120 valence electrons. The van der Waals surface area contributed by atoms with Gasteiger partial charge in [0.1, 0.15) is 0 Å². The zero-order chi connectivity index (χ0) is 15.6. The van der Waals surface area contributed by atoms with Crippen LogP contribution in [0, 0.1) is 0 Å². The van der Waals surface area contributed by atoms with Crippen molar-refractivity contribution in [3.63, 3.8) is 0 Å². The van der Waals surface area contributed by atoms with E-state index >= 15 is 0 Å². The fraction of sp³-hybridized carbons (Fsp3) is 0.562. The summed E-state index contributed by atoms with van der Waals surface area (Å²) in [4.78, 5) is 22.0. The minimum absolute atomic E-state index is 0.337. The fourth-order valence-electron chi connectivity index (χ4n) is 2.52. The van der Waals surface area contributed by atoms with Crippen LogP contribution in [0.1, 0.15) is 37.8 Å². The molecule has 2 rings (SSSR count). The topological polar surface area (TPSA) is 83.6 Å². The van der Waals surface area contributed by atoms with Crippen LogP contribution in [0.3, 0.4) is 0 Å². The van der Waals surface area contributed by atoms with Crippen LogP contribution < -0.4 is 11.1 Å². The Balaban J connectivity index is 1.69. The molecular formula is C16H25N5O. The third kappa shape index (κ3) is 5.71. The normalized spacial score (nSPS) is 16.2. The van der Waals surface area contributed by atoms with Gasteiger partial charge in [0.2, 0.25) is 5.96 Å². The molecule has 0 bridgehead atoms. The first-order valence-corrected chi connectivity index (χ1v) is 8.02. The van der Waals surface area contributed by atoms with Gasteiger partial charge in [-0.05, 0) is 37.8 Å². The van der Waals surface area contributed by atoms with Gasteiger partial charge in [0.25, 0.3) is 0 Å². The van der Waals surface area contributed by atoms with E-state index in [0.717, 1.165) is 44.5 Å². The number of rotatable bonds is 4. The number of nitrogens with two attached hydrogens (primary N) is 1. The van der Waals surface area contributed by atoms with E-state index in [1.54, 1.807) is 6.20 Å². The van der Waals surface area contributed by atoms with Crippen molar-refractivity contribution in [3.05, 3.63) is 30.1 Å².